The van der Waals surface area contributed by atoms with Crippen molar-refractivity contribution in [1.29, 1.82) is 0 Å². The van der Waals surface area contributed by atoms with Gasteiger partial charge >= 0.3 is 0 Å². The first-order chi connectivity index (χ1) is 13.4. The van der Waals surface area contributed by atoms with Gasteiger partial charge in [0.25, 0.3) is 0 Å². The largest absolute Gasteiger partial charge is 0.370 e. The van der Waals surface area contributed by atoms with Crippen LogP contribution < -0.4 is 5.73 Å². The molecule has 0 aliphatic rings. The average molecular weight is 452 g/mol. The lowest BCUT2D eigenvalue weighted by molar-refractivity contribution is -0.114. The van der Waals surface area contributed by atoms with E-state index in [0.29, 0.717) is 43.3 Å². The zero-order valence-electron chi connectivity index (χ0n) is 20.3. The standard InChI is InChI=1S/C21H46N3O3PS/c1-15(2)23(16(3)4)28(24(17(5)6)18(7)8)27-13-11-12-26-14-29-21(25)19(9)20(10)22/h15-20H,11-14,22H2,1-10H3. The quantitative estimate of drug-likeness (QED) is 0.212. The SMILES string of the molecule is CC(N)C(C)C(=O)SCOCCCOP(N(C(C)C)C(C)C)N(C(C)C)C(C)C. The maximum atomic E-state index is 11.9. The van der Waals surface area contributed by atoms with E-state index in [4.69, 9.17) is 15.0 Å². The Hall–Kier alpha value is 0.250. The maximum absolute atomic E-state index is 11.9. The maximum Gasteiger partial charge on any atom is 0.195 e. The third-order valence-corrected chi connectivity index (χ3v) is 8.59. The number of nitrogens with zero attached hydrogens (tertiary/aromatic N) is 2. The Labute approximate surface area is 185 Å². The van der Waals surface area contributed by atoms with E-state index in [2.05, 4.69) is 64.7 Å². The molecule has 2 N–H and O–H groups in total. The molecule has 8 heteroatoms. The molecule has 0 spiro atoms. The molecule has 0 aliphatic carbocycles. The van der Waals surface area contributed by atoms with Crippen molar-refractivity contribution in [2.75, 3.05) is 19.2 Å². The molecule has 0 aromatic heterocycles. The zero-order valence-corrected chi connectivity index (χ0v) is 22.1. The first-order valence-electron chi connectivity index (χ1n) is 10.9. The summed E-state index contributed by atoms with van der Waals surface area (Å²) in [5.41, 5.74) is 5.77. The van der Waals surface area contributed by atoms with Crippen molar-refractivity contribution in [2.24, 2.45) is 11.7 Å². The number of nitrogens with two attached hydrogens (primary N) is 1. The van der Waals surface area contributed by atoms with Crippen LogP contribution in [0.25, 0.3) is 0 Å². The lowest BCUT2D eigenvalue weighted by atomic mass is 10.1. The molecule has 0 bridgehead atoms. The molecule has 0 heterocycles. The van der Waals surface area contributed by atoms with E-state index in [-0.39, 0.29) is 17.1 Å². The monoisotopic (exact) mass is 451 g/mol. The van der Waals surface area contributed by atoms with Gasteiger partial charge in [0, 0.05) is 42.7 Å². The van der Waals surface area contributed by atoms with Gasteiger partial charge < -0.3 is 15.0 Å². The third kappa shape index (κ3) is 10.9. The Balaban J connectivity index is 4.63. The van der Waals surface area contributed by atoms with E-state index in [9.17, 15) is 4.79 Å². The third-order valence-electron chi connectivity index (χ3n) is 4.60. The van der Waals surface area contributed by atoms with Gasteiger partial charge in [-0.05, 0) is 68.7 Å². The second kappa shape index (κ2) is 15.1. The van der Waals surface area contributed by atoms with Crippen LogP contribution >= 0.6 is 20.2 Å². The Bertz CT molecular complexity index is 415. The van der Waals surface area contributed by atoms with E-state index in [1.165, 1.54) is 11.8 Å². The molecule has 2 unspecified atom stereocenters. The van der Waals surface area contributed by atoms with Gasteiger partial charge in [-0.2, -0.15) is 0 Å². The Morgan fingerprint density at radius 3 is 1.69 bits per heavy atom. The van der Waals surface area contributed by atoms with Crippen LogP contribution in [-0.4, -0.2) is 63.8 Å². The molecule has 0 saturated heterocycles. The van der Waals surface area contributed by atoms with Gasteiger partial charge in [0.05, 0.1) is 12.5 Å². The second-order valence-electron chi connectivity index (χ2n) is 8.71. The predicted molar refractivity (Wildman–Crippen MR) is 128 cm³/mol. The molecule has 29 heavy (non-hydrogen) atoms. The molecule has 0 amide bonds. The van der Waals surface area contributed by atoms with Gasteiger partial charge in [-0.1, -0.05) is 18.7 Å². The number of rotatable bonds is 15. The van der Waals surface area contributed by atoms with Gasteiger partial charge in [0.2, 0.25) is 0 Å². The minimum atomic E-state index is -0.858. The van der Waals surface area contributed by atoms with Crippen LogP contribution in [0.1, 0.15) is 75.7 Å². The van der Waals surface area contributed by atoms with Gasteiger partial charge in [-0.3, -0.25) is 4.79 Å². The first kappa shape index (κ1) is 29.2. The lowest BCUT2D eigenvalue weighted by Crippen LogP contribution is -2.43. The summed E-state index contributed by atoms with van der Waals surface area (Å²) in [6.07, 6.45) is 0.810. The zero-order chi connectivity index (χ0) is 22.7. The molecule has 0 aromatic carbocycles. The number of hydrogen-bond donors (Lipinski definition) is 1. The minimum absolute atomic E-state index is 0.0915. The fourth-order valence-corrected chi connectivity index (χ4v) is 6.22. The van der Waals surface area contributed by atoms with Crippen LogP contribution in [0.5, 0.6) is 0 Å². The second-order valence-corrected chi connectivity index (χ2v) is 11.3. The van der Waals surface area contributed by atoms with Gasteiger partial charge in [0.1, 0.15) is 0 Å². The van der Waals surface area contributed by atoms with Crippen LogP contribution in [0, 0.1) is 5.92 Å². The number of carbonyl (C=O) groups excluding carboxylic acids is 1. The molecule has 174 valence electrons. The van der Waals surface area contributed by atoms with Crippen molar-refractivity contribution >= 4 is 25.3 Å². The number of hydrogen-bond acceptors (Lipinski definition) is 7. The highest BCUT2D eigenvalue weighted by atomic mass is 32.2. The summed E-state index contributed by atoms with van der Waals surface area (Å²) in [4.78, 5) is 11.9. The molecule has 0 radical (unpaired) electrons. The molecule has 2 atom stereocenters. The molecular formula is C21H46N3O3PS. The number of ether oxygens (including phenoxy) is 1. The molecule has 6 nitrogen and oxygen atoms in total. The van der Waals surface area contributed by atoms with Crippen molar-refractivity contribution in [3.05, 3.63) is 0 Å². The van der Waals surface area contributed by atoms with Crippen molar-refractivity contribution in [3.8, 4) is 0 Å². The lowest BCUT2D eigenvalue weighted by Gasteiger charge is -2.45. The summed E-state index contributed by atoms with van der Waals surface area (Å²) in [6, 6.07) is 1.51. The normalized spacial score (nSPS) is 15.0. The first-order valence-corrected chi connectivity index (χ1v) is 13.1. The van der Waals surface area contributed by atoms with Gasteiger partial charge in [-0.25, -0.2) is 9.34 Å². The molecule has 0 aromatic rings. The van der Waals surface area contributed by atoms with Crippen LogP contribution in [0.4, 0.5) is 0 Å². The topological polar surface area (TPSA) is 68.0 Å². The van der Waals surface area contributed by atoms with E-state index < -0.39 is 8.45 Å². The van der Waals surface area contributed by atoms with Crippen molar-refractivity contribution in [3.63, 3.8) is 0 Å². The summed E-state index contributed by atoms with van der Waals surface area (Å²) < 4.78 is 17.1. The highest BCUT2D eigenvalue weighted by Gasteiger charge is 2.34. The molecule has 0 fully saturated rings. The van der Waals surface area contributed by atoms with Crippen LogP contribution in [0.2, 0.25) is 0 Å². The average Bonchev–Trinajstić information content (AvgIpc) is 2.58. The molecule has 0 saturated carbocycles. The summed E-state index contributed by atoms with van der Waals surface area (Å²) in [6.45, 7) is 22.8. The summed E-state index contributed by atoms with van der Waals surface area (Å²) >= 11 is 1.21. The summed E-state index contributed by atoms with van der Waals surface area (Å²) in [5, 5.41) is 0.0915. The Morgan fingerprint density at radius 1 is 0.862 bits per heavy atom. The Kier molecular flexibility index (Phi) is 15.2. The Morgan fingerprint density at radius 2 is 1.31 bits per heavy atom. The molecule has 0 rings (SSSR count). The van der Waals surface area contributed by atoms with E-state index in [0.717, 1.165) is 6.42 Å². The van der Waals surface area contributed by atoms with E-state index >= 15 is 0 Å². The fraction of sp³-hybridized carbons (Fsp3) is 0.952. The highest BCUT2D eigenvalue weighted by molar-refractivity contribution is 8.13. The van der Waals surface area contributed by atoms with Crippen molar-refractivity contribution in [2.45, 2.75) is 106 Å². The minimum Gasteiger partial charge on any atom is -0.370 e. The van der Waals surface area contributed by atoms with Gasteiger partial charge in [-0.15, -0.1) is 0 Å². The molecular weight excluding hydrogens is 405 g/mol. The number of thioether (sulfide) groups is 1. The predicted octanol–water partition coefficient (Wildman–Crippen LogP) is 5.07. The molecule has 0 aliphatic heterocycles. The van der Waals surface area contributed by atoms with Crippen LogP contribution in [0.3, 0.4) is 0 Å². The fourth-order valence-electron chi connectivity index (χ4n) is 3.05. The van der Waals surface area contributed by atoms with Crippen molar-refractivity contribution < 1.29 is 14.1 Å². The summed E-state index contributed by atoms with van der Waals surface area (Å²) in [7, 11) is -0.858. The smallest absolute Gasteiger partial charge is 0.195 e. The van der Waals surface area contributed by atoms with E-state index in [1.54, 1.807) is 0 Å². The van der Waals surface area contributed by atoms with Gasteiger partial charge in [0.15, 0.2) is 13.6 Å². The van der Waals surface area contributed by atoms with Crippen molar-refractivity contribution in [1.82, 2.24) is 9.34 Å². The number of carbonyl (C=O) groups is 1. The van der Waals surface area contributed by atoms with Crippen LogP contribution in [0.15, 0.2) is 0 Å². The van der Waals surface area contributed by atoms with E-state index in [1.807, 2.05) is 13.8 Å². The summed E-state index contributed by atoms with van der Waals surface area (Å²) in [5.74, 6) is 0.227. The highest BCUT2D eigenvalue weighted by Crippen LogP contribution is 2.50. The van der Waals surface area contributed by atoms with Crippen LogP contribution in [-0.2, 0) is 14.1 Å².